The molecule has 3 nitrogen and oxygen atoms in total. The van der Waals surface area contributed by atoms with Crippen molar-refractivity contribution in [3.8, 4) is 11.5 Å². The van der Waals surface area contributed by atoms with E-state index < -0.39 is 0 Å². The first-order valence-corrected chi connectivity index (χ1v) is 5.16. The van der Waals surface area contributed by atoms with Crippen molar-refractivity contribution in [2.45, 2.75) is 6.42 Å². The summed E-state index contributed by atoms with van der Waals surface area (Å²) in [5.41, 5.74) is 1.05. The molecule has 0 fully saturated rings. The van der Waals surface area contributed by atoms with Crippen LogP contribution in [0.3, 0.4) is 0 Å². The smallest absolute Gasteiger partial charge is 0.181 e. The Morgan fingerprint density at radius 1 is 1.38 bits per heavy atom. The molecule has 1 aliphatic heterocycles. The third kappa shape index (κ3) is 1.41. The minimum atomic E-state index is -0.0464. The molecule has 1 heterocycles. The molecule has 0 saturated carbocycles. The van der Waals surface area contributed by atoms with Crippen LogP contribution in [0.4, 0.5) is 0 Å². The molecule has 1 N–H and O–H groups in total. The van der Waals surface area contributed by atoms with Crippen molar-refractivity contribution in [2.24, 2.45) is 5.92 Å². The van der Waals surface area contributed by atoms with Gasteiger partial charge in [-0.3, -0.25) is 4.79 Å². The molecule has 1 aromatic carbocycles. The van der Waals surface area contributed by atoms with Crippen molar-refractivity contribution >= 4 is 5.78 Å². The van der Waals surface area contributed by atoms with Crippen molar-refractivity contribution in [1.82, 2.24) is 0 Å². The average molecular weight is 214 g/mol. The molecule has 0 spiro atoms. The number of hydrogen-bond acceptors (Lipinski definition) is 3. The third-order valence-electron chi connectivity index (χ3n) is 2.86. The van der Waals surface area contributed by atoms with Crippen LogP contribution >= 0.6 is 0 Å². The van der Waals surface area contributed by atoms with Gasteiger partial charge in [0.15, 0.2) is 5.78 Å². The summed E-state index contributed by atoms with van der Waals surface area (Å²) in [5.74, 6) is 1.59. The predicted molar refractivity (Wildman–Crippen MR) is 58.2 cm³/mol. The molecule has 16 heavy (non-hydrogen) atoms. The van der Waals surface area contributed by atoms with Crippen LogP contribution in [0.1, 0.15) is 5.56 Å². The van der Waals surface area contributed by atoms with Crippen LogP contribution in [0, 0.1) is 5.92 Å². The largest absolute Gasteiger partial charge is 0.508 e. The van der Waals surface area contributed by atoms with Gasteiger partial charge in [0.25, 0.3) is 0 Å². The Morgan fingerprint density at radius 2 is 2.25 bits per heavy atom. The minimum Gasteiger partial charge on any atom is -0.508 e. The number of phenolic OH excluding ortho intramolecular Hbond substituents is 1. The van der Waals surface area contributed by atoms with Crippen molar-refractivity contribution in [1.29, 1.82) is 0 Å². The standard InChI is InChI=1S/C13H10O3/c14-10-3-1-8-5-9-2-4-11(15)7-13(9)16-12(8)6-10/h1-4,6-8,15H,5H2. The SMILES string of the molecule is O=C1C=CC2Cc3ccc(O)cc3OC2=C1. The van der Waals surface area contributed by atoms with E-state index in [1.165, 1.54) is 6.08 Å². The molecule has 0 saturated heterocycles. The quantitative estimate of drug-likeness (QED) is 0.718. The molecule has 0 aromatic heterocycles. The highest BCUT2D eigenvalue weighted by atomic mass is 16.5. The first-order chi connectivity index (χ1) is 7.72. The molecule has 2 aliphatic rings. The van der Waals surface area contributed by atoms with Gasteiger partial charge in [0.05, 0.1) is 0 Å². The van der Waals surface area contributed by atoms with Gasteiger partial charge < -0.3 is 9.84 Å². The summed E-state index contributed by atoms with van der Waals surface area (Å²) >= 11 is 0. The van der Waals surface area contributed by atoms with E-state index in [4.69, 9.17) is 4.74 Å². The molecule has 1 unspecified atom stereocenters. The van der Waals surface area contributed by atoms with E-state index in [0.717, 1.165) is 12.0 Å². The van der Waals surface area contributed by atoms with Gasteiger partial charge in [-0.25, -0.2) is 0 Å². The Labute approximate surface area is 92.7 Å². The molecule has 1 atom stereocenters. The zero-order valence-corrected chi connectivity index (χ0v) is 8.51. The van der Waals surface area contributed by atoms with E-state index in [2.05, 4.69) is 0 Å². The van der Waals surface area contributed by atoms with Gasteiger partial charge in [-0.05, 0) is 24.1 Å². The first-order valence-electron chi connectivity index (χ1n) is 5.16. The lowest BCUT2D eigenvalue weighted by Gasteiger charge is -2.27. The molecule has 1 aliphatic carbocycles. The fourth-order valence-electron chi connectivity index (χ4n) is 2.05. The molecular formula is C13H10O3. The number of allylic oxidation sites excluding steroid dienone is 3. The number of phenols is 1. The van der Waals surface area contributed by atoms with Crippen LogP contribution < -0.4 is 4.74 Å². The van der Waals surface area contributed by atoms with Crippen molar-refractivity contribution in [2.75, 3.05) is 0 Å². The number of ether oxygens (including phenoxy) is 1. The zero-order valence-electron chi connectivity index (χ0n) is 8.51. The van der Waals surface area contributed by atoms with Crippen LogP contribution in [0.25, 0.3) is 0 Å². The Hall–Kier alpha value is -2.03. The molecule has 1 aromatic rings. The van der Waals surface area contributed by atoms with Gasteiger partial charge in [0.2, 0.25) is 0 Å². The Balaban J connectivity index is 2.04. The molecule has 3 rings (SSSR count). The number of rotatable bonds is 0. The van der Waals surface area contributed by atoms with Gasteiger partial charge in [0.1, 0.15) is 17.3 Å². The van der Waals surface area contributed by atoms with E-state index in [0.29, 0.717) is 11.5 Å². The van der Waals surface area contributed by atoms with Gasteiger partial charge in [-0.15, -0.1) is 0 Å². The Bertz CT molecular complexity index is 526. The third-order valence-corrected chi connectivity index (χ3v) is 2.86. The zero-order chi connectivity index (χ0) is 11.1. The number of carbonyl (C=O) groups is 1. The lowest BCUT2D eigenvalue weighted by Crippen LogP contribution is -2.20. The fraction of sp³-hybridized carbons (Fsp3) is 0.154. The molecule has 3 heteroatoms. The molecule has 0 radical (unpaired) electrons. The van der Waals surface area contributed by atoms with Gasteiger partial charge in [0, 0.05) is 18.1 Å². The summed E-state index contributed by atoms with van der Waals surface area (Å²) in [6, 6.07) is 5.08. The maximum atomic E-state index is 11.2. The molecule has 0 amide bonds. The highest BCUT2D eigenvalue weighted by molar-refractivity contribution is 6.00. The summed E-state index contributed by atoms with van der Waals surface area (Å²) in [6.07, 6.45) is 5.76. The number of fused-ring (bicyclic) bond motifs is 2. The highest BCUT2D eigenvalue weighted by Gasteiger charge is 2.26. The monoisotopic (exact) mass is 214 g/mol. The van der Waals surface area contributed by atoms with Crippen LogP contribution in [0.5, 0.6) is 11.5 Å². The van der Waals surface area contributed by atoms with E-state index in [-0.39, 0.29) is 17.5 Å². The topological polar surface area (TPSA) is 46.5 Å². The molecular weight excluding hydrogens is 204 g/mol. The average Bonchev–Trinajstić information content (AvgIpc) is 2.26. The highest BCUT2D eigenvalue weighted by Crippen LogP contribution is 2.36. The molecule has 0 bridgehead atoms. The number of ketones is 1. The van der Waals surface area contributed by atoms with E-state index in [1.54, 1.807) is 18.2 Å². The van der Waals surface area contributed by atoms with Crippen LogP contribution in [0.2, 0.25) is 0 Å². The lowest BCUT2D eigenvalue weighted by atomic mass is 9.90. The second-order valence-corrected chi connectivity index (χ2v) is 4.01. The minimum absolute atomic E-state index is 0.0464. The summed E-state index contributed by atoms with van der Waals surface area (Å²) in [6.45, 7) is 0. The summed E-state index contributed by atoms with van der Waals surface area (Å²) in [5, 5.41) is 9.36. The van der Waals surface area contributed by atoms with Crippen LogP contribution in [-0.4, -0.2) is 10.9 Å². The number of aromatic hydroxyl groups is 1. The summed E-state index contributed by atoms with van der Waals surface area (Å²) in [7, 11) is 0. The Kier molecular flexibility index (Phi) is 1.86. The van der Waals surface area contributed by atoms with E-state index in [9.17, 15) is 9.90 Å². The lowest BCUT2D eigenvalue weighted by molar-refractivity contribution is -0.110. The van der Waals surface area contributed by atoms with Crippen LogP contribution in [0.15, 0.2) is 42.2 Å². The van der Waals surface area contributed by atoms with Crippen molar-refractivity contribution < 1.29 is 14.6 Å². The van der Waals surface area contributed by atoms with Crippen molar-refractivity contribution in [3.05, 3.63) is 47.7 Å². The fourth-order valence-corrected chi connectivity index (χ4v) is 2.05. The predicted octanol–water partition coefficient (Wildman–Crippen LogP) is 1.97. The van der Waals surface area contributed by atoms with E-state index in [1.807, 2.05) is 12.1 Å². The van der Waals surface area contributed by atoms with Crippen LogP contribution in [-0.2, 0) is 11.2 Å². The van der Waals surface area contributed by atoms with Gasteiger partial charge in [-0.1, -0.05) is 12.1 Å². The maximum absolute atomic E-state index is 11.2. The normalized spacial score (nSPS) is 21.9. The second kappa shape index (κ2) is 3.23. The van der Waals surface area contributed by atoms with E-state index >= 15 is 0 Å². The summed E-state index contributed by atoms with van der Waals surface area (Å²) < 4.78 is 5.62. The summed E-state index contributed by atoms with van der Waals surface area (Å²) in [4.78, 5) is 11.2. The molecule has 80 valence electrons. The van der Waals surface area contributed by atoms with Gasteiger partial charge in [-0.2, -0.15) is 0 Å². The number of benzene rings is 1. The van der Waals surface area contributed by atoms with Crippen molar-refractivity contribution in [3.63, 3.8) is 0 Å². The van der Waals surface area contributed by atoms with Gasteiger partial charge >= 0.3 is 0 Å². The Morgan fingerprint density at radius 3 is 3.12 bits per heavy atom. The number of hydrogen-bond donors (Lipinski definition) is 1. The second-order valence-electron chi connectivity index (χ2n) is 4.01. The first kappa shape index (κ1) is 9.21. The maximum Gasteiger partial charge on any atom is 0.181 e. The number of carbonyl (C=O) groups excluding carboxylic acids is 1.